The first-order valence-corrected chi connectivity index (χ1v) is 6.69. The van der Waals surface area contributed by atoms with Crippen LogP contribution in [0, 0.1) is 0 Å². The molecule has 0 radical (unpaired) electrons. The lowest BCUT2D eigenvalue weighted by atomic mass is 10.1. The zero-order valence-electron chi connectivity index (χ0n) is 10.7. The molecular weight excluding hydrogens is 242 g/mol. The van der Waals surface area contributed by atoms with Crippen LogP contribution in [0.1, 0.15) is 37.2 Å². The Labute approximate surface area is 112 Å². The molecule has 3 rings (SSSR count). The van der Waals surface area contributed by atoms with E-state index in [1.165, 1.54) is 18.4 Å². The second-order valence-corrected chi connectivity index (χ2v) is 5.22. The van der Waals surface area contributed by atoms with Crippen molar-refractivity contribution in [3.05, 3.63) is 29.6 Å². The molecule has 0 aromatic carbocycles. The number of anilines is 1. The van der Waals surface area contributed by atoms with Gasteiger partial charge in [0.2, 0.25) is 5.95 Å². The topological polar surface area (TPSA) is 66.3 Å². The molecule has 5 nitrogen and oxygen atoms in total. The molecule has 19 heavy (non-hydrogen) atoms. The first-order chi connectivity index (χ1) is 9.22. The van der Waals surface area contributed by atoms with E-state index < -0.39 is 5.97 Å². The van der Waals surface area contributed by atoms with Gasteiger partial charge in [-0.1, -0.05) is 11.6 Å². The zero-order chi connectivity index (χ0) is 13.2. The Balaban J connectivity index is 1.64. The molecule has 2 heterocycles. The summed E-state index contributed by atoms with van der Waals surface area (Å²) in [6.07, 6.45) is 9.28. The van der Waals surface area contributed by atoms with Crippen molar-refractivity contribution in [2.75, 3.05) is 18.0 Å². The maximum atomic E-state index is 10.6. The largest absolute Gasteiger partial charge is 0.481 e. The van der Waals surface area contributed by atoms with Crippen molar-refractivity contribution < 1.29 is 9.90 Å². The van der Waals surface area contributed by atoms with Gasteiger partial charge in [-0.15, -0.1) is 0 Å². The summed E-state index contributed by atoms with van der Waals surface area (Å²) < 4.78 is 0. The quantitative estimate of drug-likeness (QED) is 0.837. The fraction of sp³-hybridized carbons (Fsp3) is 0.500. The molecule has 0 atom stereocenters. The third kappa shape index (κ3) is 2.92. The lowest BCUT2D eigenvalue weighted by Crippen LogP contribution is -2.30. The Morgan fingerprint density at radius 1 is 1.37 bits per heavy atom. The molecular formula is C14H17N3O2. The number of aliphatic carboxylic acids is 1. The summed E-state index contributed by atoms with van der Waals surface area (Å²) in [6, 6.07) is 0. The molecule has 1 aliphatic carbocycles. The smallest absolute Gasteiger partial charge is 0.307 e. The van der Waals surface area contributed by atoms with Gasteiger partial charge in [-0.05, 0) is 30.7 Å². The number of hydrogen-bond donors (Lipinski definition) is 1. The summed E-state index contributed by atoms with van der Waals surface area (Å²) in [4.78, 5) is 21.6. The van der Waals surface area contributed by atoms with Crippen LogP contribution >= 0.6 is 0 Å². The van der Waals surface area contributed by atoms with E-state index in [0.29, 0.717) is 12.5 Å². The van der Waals surface area contributed by atoms with E-state index in [9.17, 15) is 4.79 Å². The summed E-state index contributed by atoms with van der Waals surface area (Å²) in [5.41, 5.74) is 2.24. The van der Waals surface area contributed by atoms with E-state index in [1.807, 2.05) is 18.5 Å². The Morgan fingerprint density at radius 3 is 2.63 bits per heavy atom. The van der Waals surface area contributed by atoms with Gasteiger partial charge in [0.05, 0.1) is 6.42 Å². The number of nitrogens with zero attached hydrogens (tertiary/aromatic N) is 3. The first kappa shape index (κ1) is 12.1. The minimum Gasteiger partial charge on any atom is -0.481 e. The molecule has 0 spiro atoms. The Bertz CT molecular complexity index is 506. The number of carboxylic acid groups (broad SMARTS) is 1. The predicted molar refractivity (Wildman–Crippen MR) is 71.2 cm³/mol. The standard InChI is InChI=1S/C14H17N3O2/c18-13(19)7-10-3-5-17(6-4-10)14-15-8-12(9-16-14)11-1-2-11/h3,8-9,11H,1-2,4-7H2,(H,18,19). The molecule has 0 amide bonds. The molecule has 5 heteroatoms. The van der Waals surface area contributed by atoms with Crippen molar-refractivity contribution in [1.82, 2.24) is 9.97 Å². The third-order valence-electron chi connectivity index (χ3n) is 3.67. The molecule has 1 fully saturated rings. The van der Waals surface area contributed by atoms with Crippen LogP contribution in [0.2, 0.25) is 0 Å². The monoisotopic (exact) mass is 259 g/mol. The predicted octanol–water partition coefficient (Wildman–Crippen LogP) is 1.97. The molecule has 1 aliphatic heterocycles. The van der Waals surface area contributed by atoms with E-state index in [-0.39, 0.29) is 6.42 Å². The molecule has 2 aliphatic rings. The van der Waals surface area contributed by atoms with Crippen LogP contribution in [-0.4, -0.2) is 34.1 Å². The Kier molecular flexibility index (Phi) is 3.19. The summed E-state index contributed by atoms with van der Waals surface area (Å²) in [5.74, 6) is 0.664. The second kappa shape index (κ2) is 4.99. The molecule has 100 valence electrons. The highest BCUT2D eigenvalue weighted by molar-refractivity contribution is 5.70. The number of hydrogen-bond acceptors (Lipinski definition) is 4. The zero-order valence-corrected chi connectivity index (χ0v) is 10.7. The highest BCUT2D eigenvalue weighted by Crippen LogP contribution is 2.39. The van der Waals surface area contributed by atoms with Crippen LogP contribution in [0.3, 0.4) is 0 Å². The number of rotatable bonds is 4. The number of carbonyl (C=O) groups is 1. The van der Waals surface area contributed by atoms with Gasteiger partial charge in [-0.2, -0.15) is 0 Å². The van der Waals surface area contributed by atoms with Crippen LogP contribution in [0.5, 0.6) is 0 Å². The van der Waals surface area contributed by atoms with E-state index >= 15 is 0 Å². The lowest BCUT2D eigenvalue weighted by molar-refractivity contribution is -0.136. The minimum absolute atomic E-state index is 0.148. The van der Waals surface area contributed by atoms with Crippen LogP contribution in [0.25, 0.3) is 0 Å². The van der Waals surface area contributed by atoms with Crippen molar-refractivity contribution in [2.45, 2.75) is 31.6 Å². The second-order valence-electron chi connectivity index (χ2n) is 5.22. The summed E-state index contributed by atoms with van der Waals surface area (Å²) >= 11 is 0. The SMILES string of the molecule is O=C(O)CC1=CCN(c2ncc(C3CC3)cn2)CC1. The molecule has 1 aromatic rings. The van der Waals surface area contributed by atoms with Crippen molar-refractivity contribution >= 4 is 11.9 Å². The summed E-state index contributed by atoms with van der Waals surface area (Å²) in [7, 11) is 0. The van der Waals surface area contributed by atoms with E-state index in [4.69, 9.17) is 5.11 Å². The number of aromatic nitrogens is 2. The summed E-state index contributed by atoms with van der Waals surface area (Å²) in [5, 5.41) is 8.76. The van der Waals surface area contributed by atoms with Gasteiger partial charge in [0.1, 0.15) is 0 Å². The van der Waals surface area contributed by atoms with Crippen molar-refractivity contribution in [1.29, 1.82) is 0 Å². The highest BCUT2D eigenvalue weighted by Gasteiger charge is 2.24. The Morgan fingerprint density at radius 2 is 2.11 bits per heavy atom. The van der Waals surface area contributed by atoms with Crippen LogP contribution in [-0.2, 0) is 4.79 Å². The average molecular weight is 259 g/mol. The van der Waals surface area contributed by atoms with Gasteiger partial charge in [0, 0.05) is 25.5 Å². The minimum atomic E-state index is -0.760. The maximum absolute atomic E-state index is 10.6. The molecule has 1 aromatic heterocycles. The van der Waals surface area contributed by atoms with Crippen LogP contribution in [0.15, 0.2) is 24.0 Å². The normalized spacial score (nSPS) is 19.2. The summed E-state index contributed by atoms with van der Waals surface area (Å²) in [6.45, 7) is 1.49. The van der Waals surface area contributed by atoms with Crippen molar-refractivity contribution in [3.63, 3.8) is 0 Å². The van der Waals surface area contributed by atoms with Crippen molar-refractivity contribution in [3.8, 4) is 0 Å². The van der Waals surface area contributed by atoms with Crippen LogP contribution < -0.4 is 4.90 Å². The van der Waals surface area contributed by atoms with Gasteiger partial charge in [0.15, 0.2) is 0 Å². The van der Waals surface area contributed by atoms with Gasteiger partial charge in [-0.25, -0.2) is 9.97 Å². The molecule has 1 N–H and O–H groups in total. The fourth-order valence-electron chi connectivity index (χ4n) is 2.37. The first-order valence-electron chi connectivity index (χ1n) is 6.69. The van der Waals surface area contributed by atoms with Gasteiger partial charge >= 0.3 is 5.97 Å². The molecule has 0 saturated heterocycles. The molecule has 0 unspecified atom stereocenters. The Hall–Kier alpha value is -1.91. The van der Waals surface area contributed by atoms with Crippen molar-refractivity contribution in [2.24, 2.45) is 0 Å². The third-order valence-corrected chi connectivity index (χ3v) is 3.67. The highest BCUT2D eigenvalue weighted by atomic mass is 16.4. The van der Waals surface area contributed by atoms with E-state index in [0.717, 1.165) is 24.5 Å². The van der Waals surface area contributed by atoms with Crippen LogP contribution in [0.4, 0.5) is 5.95 Å². The van der Waals surface area contributed by atoms with Gasteiger partial charge < -0.3 is 10.0 Å². The average Bonchev–Trinajstić information content (AvgIpc) is 3.24. The van der Waals surface area contributed by atoms with Gasteiger partial charge in [-0.3, -0.25) is 4.79 Å². The maximum Gasteiger partial charge on any atom is 0.307 e. The molecule has 1 saturated carbocycles. The van der Waals surface area contributed by atoms with Gasteiger partial charge in [0.25, 0.3) is 0 Å². The lowest BCUT2D eigenvalue weighted by Gasteiger charge is -2.26. The van der Waals surface area contributed by atoms with E-state index in [1.54, 1.807) is 0 Å². The van der Waals surface area contributed by atoms with E-state index in [2.05, 4.69) is 14.9 Å². The fourth-order valence-corrected chi connectivity index (χ4v) is 2.37. The number of carboxylic acids is 1. The molecule has 0 bridgehead atoms.